The molecule has 0 saturated heterocycles. The number of hydrogen-bond donors (Lipinski definition) is 1. The van der Waals surface area contributed by atoms with Crippen LogP contribution in [0, 0.1) is 0 Å². The molecule has 0 spiro atoms. The van der Waals surface area contributed by atoms with Gasteiger partial charge in [-0.3, -0.25) is 14.4 Å². The number of amides is 1. The molecule has 2 aromatic carbocycles. The Labute approximate surface area is 162 Å². The van der Waals surface area contributed by atoms with Crippen molar-refractivity contribution in [2.45, 2.75) is 46.5 Å². The maximum absolute atomic E-state index is 12.1. The maximum atomic E-state index is 12.1. The monoisotopic (exact) mass is 367 g/mol. The summed E-state index contributed by atoms with van der Waals surface area (Å²) in [4.78, 5) is 34.7. The van der Waals surface area contributed by atoms with Crippen LogP contribution < -0.4 is 5.32 Å². The minimum atomic E-state index is -0.0641. The molecule has 0 unspecified atom stereocenters. The molecule has 3 rings (SSSR count). The van der Waals surface area contributed by atoms with Crippen molar-refractivity contribution in [2.24, 2.45) is 0 Å². The largest absolute Gasteiger partial charge is 0.359 e. The SMILES string of the molecule is CCC.CCCCC(=O)NC.O=C1c2ccccc2C(=O)c2ccccc21. The number of rotatable bonds is 3. The zero-order valence-electron chi connectivity index (χ0n) is 16.7. The third-order valence-corrected chi connectivity index (χ3v) is 3.87. The van der Waals surface area contributed by atoms with Crippen molar-refractivity contribution in [3.05, 3.63) is 70.8 Å². The van der Waals surface area contributed by atoms with Crippen molar-refractivity contribution in [1.29, 1.82) is 0 Å². The summed E-state index contributed by atoms with van der Waals surface area (Å²) in [5.74, 6) is 0.0171. The van der Waals surface area contributed by atoms with Crippen molar-refractivity contribution < 1.29 is 14.4 Å². The van der Waals surface area contributed by atoms with Gasteiger partial charge in [-0.1, -0.05) is 82.1 Å². The first kappa shape index (κ1) is 22.3. The topological polar surface area (TPSA) is 63.2 Å². The highest BCUT2D eigenvalue weighted by Crippen LogP contribution is 2.26. The quantitative estimate of drug-likeness (QED) is 0.723. The molecule has 0 bridgehead atoms. The lowest BCUT2D eigenvalue weighted by Gasteiger charge is -2.16. The lowest BCUT2D eigenvalue weighted by Crippen LogP contribution is -2.20. The number of ketones is 2. The van der Waals surface area contributed by atoms with Gasteiger partial charge in [-0.25, -0.2) is 0 Å². The van der Waals surface area contributed by atoms with E-state index >= 15 is 0 Å². The van der Waals surface area contributed by atoms with Crippen LogP contribution in [0.15, 0.2) is 48.5 Å². The van der Waals surface area contributed by atoms with E-state index in [0.717, 1.165) is 12.8 Å². The number of carbonyl (C=O) groups excluding carboxylic acids is 3. The molecule has 1 amide bonds. The second-order valence-electron chi connectivity index (χ2n) is 6.23. The van der Waals surface area contributed by atoms with Crippen molar-refractivity contribution in [2.75, 3.05) is 7.05 Å². The summed E-state index contributed by atoms with van der Waals surface area (Å²) in [5, 5.41) is 2.56. The Morgan fingerprint density at radius 2 is 1.11 bits per heavy atom. The molecule has 4 nitrogen and oxygen atoms in total. The van der Waals surface area contributed by atoms with Gasteiger partial charge in [-0.05, 0) is 6.42 Å². The predicted molar refractivity (Wildman–Crippen MR) is 109 cm³/mol. The van der Waals surface area contributed by atoms with Gasteiger partial charge in [0, 0.05) is 35.7 Å². The molecule has 0 atom stereocenters. The van der Waals surface area contributed by atoms with Gasteiger partial charge in [0.15, 0.2) is 11.6 Å². The lowest BCUT2D eigenvalue weighted by atomic mass is 9.84. The molecule has 0 heterocycles. The fourth-order valence-corrected chi connectivity index (χ4v) is 2.51. The average molecular weight is 367 g/mol. The molecule has 0 aliphatic heterocycles. The maximum Gasteiger partial charge on any atom is 0.219 e. The number of nitrogens with one attached hydrogen (secondary N) is 1. The molecule has 1 aliphatic carbocycles. The van der Waals surface area contributed by atoms with Crippen LogP contribution in [0.2, 0.25) is 0 Å². The van der Waals surface area contributed by atoms with Crippen molar-refractivity contribution in [3.8, 4) is 0 Å². The lowest BCUT2D eigenvalue weighted by molar-refractivity contribution is -0.120. The third kappa shape index (κ3) is 6.17. The van der Waals surface area contributed by atoms with E-state index in [1.807, 2.05) is 0 Å². The zero-order chi connectivity index (χ0) is 20.2. The highest BCUT2D eigenvalue weighted by Gasteiger charge is 2.28. The predicted octanol–water partition coefficient (Wildman–Crippen LogP) is 4.80. The summed E-state index contributed by atoms with van der Waals surface area (Å²) in [5.41, 5.74) is 2.02. The average Bonchev–Trinajstić information content (AvgIpc) is 2.71. The Morgan fingerprint density at radius 3 is 1.37 bits per heavy atom. The first-order valence-electron chi connectivity index (χ1n) is 9.49. The molecule has 4 heteroatoms. The van der Waals surface area contributed by atoms with E-state index < -0.39 is 0 Å². The van der Waals surface area contributed by atoms with Crippen LogP contribution >= 0.6 is 0 Å². The van der Waals surface area contributed by atoms with E-state index in [-0.39, 0.29) is 17.5 Å². The van der Waals surface area contributed by atoms with Gasteiger partial charge >= 0.3 is 0 Å². The molecule has 0 fully saturated rings. The number of unbranched alkanes of at least 4 members (excludes halogenated alkanes) is 1. The summed E-state index contributed by atoms with van der Waals surface area (Å²) in [7, 11) is 1.66. The first-order valence-corrected chi connectivity index (χ1v) is 9.49. The Hall–Kier alpha value is -2.75. The molecule has 1 N–H and O–H groups in total. The molecule has 0 radical (unpaired) electrons. The zero-order valence-corrected chi connectivity index (χ0v) is 16.7. The number of carbonyl (C=O) groups is 3. The second kappa shape index (κ2) is 11.8. The van der Waals surface area contributed by atoms with E-state index in [9.17, 15) is 14.4 Å². The van der Waals surface area contributed by atoms with E-state index in [1.54, 1.807) is 55.6 Å². The van der Waals surface area contributed by atoms with E-state index in [2.05, 4.69) is 26.1 Å². The fourth-order valence-electron chi connectivity index (χ4n) is 2.51. The summed E-state index contributed by atoms with van der Waals surface area (Å²) in [6.07, 6.45) is 4.01. The van der Waals surface area contributed by atoms with Crippen molar-refractivity contribution >= 4 is 17.5 Å². The number of hydrogen-bond acceptors (Lipinski definition) is 3. The Bertz CT molecular complexity index is 675. The van der Waals surface area contributed by atoms with Crippen LogP contribution in [0.4, 0.5) is 0 Å². The molecule has 144 valence electrons. The van der Waals surface area contributed by atoms with Crippen LogP contribution in [-0.2, 0) is 4.79 Å². The number of benzene rings is 2. The molecule has 0 saturated carbocycles. The van der Waals surface area contributed by atoms with Crippen LogP contribution in [0.3, 0.4) is 0 Å². The Morgan fingerprint density at radius 1 is 0.778 bits per heavy atom. The summed E-state index contributed by atoms with van der Waals surface area (Å²) >= 11 is 0. The van der Waals surface area contributed by atoms with Gasteiger partial charge in [0.05, 0.1) is 0 Å². The highest BCUT2D eigenvalue weighted by atomic mass is 16.1. The van der Waals surface area contributed by atoms with Gasteiger partial charge in [-0.2, -0.15) is 0 Å². The summed E-state index contributed by atoms with van der Waals surface area (Å²) < 4.78 is 0. The number of fused-ring (bicyclic) bond motifs is 2. The minimum Gasteiger partial charge on any atom is -0.359 e. The first-order chi connectivity index (χ1) is 13.0. The van der Waals surface area contributed by atoms with Crippen molar-refractivity contribution in [1.82, 2.24) is 5.32 Å². The molecular formula is C23H29NO3. The fraction of sp³-hybridized carbons (Fsp3) is 0.348. The van der Waals surface area contributed by atoms with Gasteiger partial charge in [0.2, 0.25) is 5.91 Å². The van der Waals surface area contributed by atoms with Gasteiger partial charge in [-0.15, -0.1) is 0 Å². The van der Waals surface area contributed by atoms with Gasteiger partial charge in [0.25, 0.3) is 0 Å². The third-order valence-electron chi connectivity index (χ3n) is 3.87. The smallest absolute Gasteiger partial charge is 0.219 e. The normalized spacial score (nSPS) is 11.1. The van der Waals surface area contributed by atoms with Gasteiger partial charge < -0.3 is 5.32 Å². The van der Waals surface area contributed by atoms with Crippen LogP contribution in [0.5, 0.6) is 0 Å². The minimum absolute atomic E-state index is 0.0641. The van der Waals surface area contributed by atoms with Crippen LogP contribution in [-0.4, -0.2) is 24.5 Å². The van der Waals surface area contributed by atoms with E-state index in [1.165, 1.54) is 6.42 Å². The standard InChI is InChI=1S/C14H8O2.C6H13NO.C3H8/c15-13-9-5-1-2-6-10(9)14(16)12-8-4-3-7-11(12)13;1-3-4-5-6(8)7-2;1-3-2/h1-8H;3-5H2,1-2H3,(H,7,8);3H2,1-2H3. The molecule has 1 aliphatic rings. The Balaban J connectivity index is 0.000000282. The highest BCUT2D eigenvalue weighted by molar-refractivity contribution is 6.28. The molecular weight excluding hydrogens is 338 g/mol. The molecule has 0 aromatic heterocycles. The van der Waals surface area contributed by atoms with Gasteiger partial charge in [0.1, 0.15) is 0 Å². The van der Waals surface area contributed by atoms with Crippen LogP contribution in [0.25, 0.3) is 0 Å². The molecule has 27 heavy (non-hydrogen) atoms. The van der Waals surface area contributed by atoms with E-state index in [4.69, 9.17) is 0 Å². The Kier molecular flexibility index (Phi) is 9.73. The summed E-state index contributed by atoms with van der Waals surface area (Å²) in [6.45, 7) is 6.32. The van der Waals surface area contributed by atoms with Crippen LogP contribution in [0.1, 0.15) is 78.3 Å². The molecule has 2 aromatic rings. The van der Waals surface area contributed by atoms with E-state index in [0.29, 0.717) is 28.7 Å². The summed E-state index contributed by atoms with van der Waals surface area (Å²) in [6, 6.07) is 13.9. The van der Waals surface area contributed by atoms with Crippen molar-refractivity contribution in [3.63, 3.8) is 0 Å². The second-order valence-corrected chi connectivity index (χ2v) is 6.23.